The summed E-state index contributed by atoms with van der Waals surface area (Å²) >= 11 is 12.2. The second-order valence-electron chi connectivity index (χ2n) is 4.90. The van der Waals surface area contributed by atoms with Gasteiger partial charge in [-0.3, -0.25) is 0 Å². The number of hydrogen-bond donors (Lipinski definition) is 1. The van der Waals surface area contributed by atoms with Gasteiger partial charge in [0.05, 0.1) is 5.71 Å². The summed E-state index contributed by atoms with van der Waals surface area (Å²) in [7, 11) is 0. The van der Waals surface area contributed by atoms with Crippen LogP contribution in [0, 0.1) is 0 Å². The van der Waals surface area contributed by atoms with Crippen LogP contribution < -0.4 is 5.73 Å². The first-order valence-corrected chi connectivity index (χ1v) is 7.30. The second-order valence-corrected chi connectivity index (χ2v) is 5.77. The first-order valence-electron chi connectivity index (χ1n) is 6.55. The molecule has 0 saturated carbocycles. The lowest BCUT2D eigenvalue weighted by Gasteiger charge is -2.22. The van der Waals surface area contributed by atoms with Crippen LogP contribution in [0.5, 0.6) is 0 Å². The maximum absolute atomic E-state index is 6.09. The number of halogens is 2. The molecule has 21 heavy (non-hydrogen) atoms. The molecule has 0 amide bonds. The number of benzene rings is 2. The molecule has 1 aliphatic rings. The summed E-state index contributed by atoms with van der Waals surface area (Å²) in [6, 6.07) is 15.5. The van der Waals surface area contributed by atoms with Crippen LogP contribution in [-0.4, -0.2) is 11.5 Å². The van der Waals surface area contributed by atoms with Gasteiger partial charge in [-0.2, -0.15) is 5.10 Å². The van der Waals surface area contributed by atoms with Crippen molar-refractivity contribution >= 4 is 34.7 Å². The van der Waals surface area contributed by atoms with Gasteiger partial charge in [-0.25, -0.2) is 0 Å². The van der Waals surface area contributed by atoms with Gasteiger partial charge < -0.3 is 5.73 Å². The molecule has 0 radical (unpaired) electrons. The van der Waals surface area contributed by atoms with E-state index in [0.29, 0.717) is 22.3 Å². The monoisotopic (exact) mass is 317 g/mol. The third-order valence-electron chi connectivity index (χ3n) is 3.39. The van der Waals surface area contributed by atoms with Gasteiger partial charge in [0.25, 0.3) is 0 Å². The van der Waals surface area contributed by atoms with Crippen molar-refractivity contribution in [2.24, 2.45) is 15.9 Å². The maximum atomic E-state index is 6.09. The fourth-order valence-corrected chi connectivity index (χ4v) is 2.98. The molecule has 0 saturated heterocycles. The summed E-state index contributed by atoms with van der Waals surface area (Å²) < 4.78 is 0. The zero-order chi connectivity index (χ0) is 14.8. The van der Waals surface area contributed by atoms with Crippen molar-refractivity contribution in [3.63, 3.8) is 0 Å². The zero-order valence-corrected chi connectivity index (χ0v) is 12.6. The summed E-state index contributed by atoms with van der Waals surface area (Å²) in [5, 5.41) is 9.46. The highest BCUT2D eigenvalue weighted by molar-refractivity contribution is 6.35. The van der Waals surface area contributed by atoms with Crippen molar-refractivity contribution < 1.29 is 0 Å². The molecular formula is C16H13Cl2N3. The van der Waals surface area contributed by atoms with Crippen LogP contribution in [-0.2, 0) is 0 Å². The van der Waals surface area contributed by atoms with E-state index >= 15 is 0 Å². The predicted molar refractivity (Wildman–Crippen MR) is 88.4 cm³/mol. The molecule has 0 aliphatic carbocycles. The average Bonchev–Trinajstić information content (AvgIpc) is 2.47. The van der Waals surface area contributed by atoms with E-state index in [1.807, 2.05) is 30.3 Å². The molecule has 3 rings (SSSR count). The molecule has 2 N–H and O–H groups in total. The molecule has 0 bridgehead atoms. The first-order chi connectivity index (χ1) is 10.1. The Hall–Kier alpha value is -1.84. The Morgan fingerprint density at radius 1 is 0.952 bits per heavy atom. The van der Waals surface area contributed by atoms with Crippen LogP contribution in [0.4, 0.5) is 0 Å². The molecule has 1 aliphatic heterocycles. The van der Waals surface area contributed by atoms with Crippen LogP contribution in [0.3, 0.4) is 0 Å². The summed E-state index contributed by atoms with van der Waals surface area (Å²) in [5.74, 6) is 0.582. The summed E-state index contributed by atoms with van der Waals surface area (Å²) in [5.41, 5.74) is 8.70. The molecule has 2 aromatic carbocycles. The van der Waals surface area contributed by atoms with E-state index in [9.17, 15) is 0 Å². The van der Waals surface area contributed by atoms with Gasteiger partial charge in [0.1, 0.15) is 5.84 Å². The molecule has 3 nitrogen and oxygen atoms in total. The number of nitrogens with two attached hydrogens (primary N) is 1. The number of amidine groups is 1. The van der Waals surface area contributed by atoms with E-state index in [2.05, 4.69) is 22.3 Å². The lowest BCUT2D eigenvalue weighted by molar-refractivity contribution is 0.887. The average molecular weight is 318 g/mol. The smallest absolute Gasteiger partial charge is 0.123 e. The molecule has 2 aromatic rings. The van der Waals surface area contributed by atoms with Crippen LogP contribution in [0.25, 0.3) is 0 Å². The lowest BCUT2D eigenvalue weighted by atomic mass is 9.86. The van der Waals surface area contributed by atoms with E-state index in [4.69, 9.17) is 28.9 Å². The highest BCUT2D eigenvalue weighted by atomic mass is 35.5. The van der Waals surface area contributed by atoms with E-state index in [-0.39, 0.29) is 5.92 Å². The first kappa shape index (κ1) is 14.1. The third-order valence-corrected chi connectivity index (χ3v) is 3.83. The van der Waals surface area contributed by atoms with Crippen LogP contribution in [0.1, 0.15) is 23.5 Å². The van der Waals surface area contributed by atoms with Gasteiger partial charge in [0, 0.05) is 27.9 Å². The SMILES string of the molecule is NC1=NN=C(c2cc(Cl)cc(Cl)c2)C(c2ccccc2)C1. The largest absolute Gasteiger partial charge is 0.386 e. The Kier molecular flexibility index (Phi) is 3.95. The molecule has 1 heterocycles. The topological polar surface area (TPSA) is 50.7 Å². The van der Waals surface area contributed by atoms with Gasteiger partial charge in [-0.05, 0) is 23.8 Å². The minimum absolute atomic E-state index is 0.0539. The minimum Gasteiger partial charge on any atom is -0.386 e. The Morgan fingerprint density at radius 2 is 1.62 bits per heavy atom. The quantitative estimate of drug-likeness (QED) is 0.884. The van der Waals surface area contributed by atoms with Crippen molar-refractivity contribution in [3.05, 3.63) is 69.7 Å². The number of hydrogen-bond acceptors (Lipinski definition) is 3. The molecule has 1 unspecified atom stereocenters. The molecule has 0 fully saturated rings. The predicted octanol–water partition coefficient (Wildman–Crippen LogP) is 4.24. The summed E-state index contributed by atoms with van der Waals surface area (Å²) in [4.78, 5) is 0. The summed E-state index contributed by atoms with van der Waals surface area (Å²) in [6.45, 7) is 0. The Labute approximate surface area is 133 Å². The van der Waals surface area contributed by atoms with Crippen LogP contribution in [0.15, 0.2) is 58.7 Å². The van der Waals surface area contributed by atoms with Gasteiger partial charge in [-0.15, -0.1) is 5.10 Å². The Morgan fingerprint density at radius 3 is 2.29 bits per heavy atom. The van der Waals surface area contributed by atoms with E-state index in [1.165, 1.54) is 0 Å². The summed E-state index contributed by atoms with van der Waals surface area (Å²) in [6.07, 6.45) is 0.632. The van der Waals surface area contributed by atoms with Crippen molar-refractivity contribution in [3.8, 4) is 0 Å². The van der Waals surface area contributed by atoms with Gasteiger partial charge in [-0.1, -0.05) is 53.5 Å². The molecule has 0 spiro atoms. The van der Waals surface area contributed by atoms with Crippen molar-refractivity contribution in [1.82, 2.24) is 0 Å². The van der Waals surface area contributed by atoms with Gasteiger partial charge in [0.2, 0.25) is 0 Å². The highest BCUT2D eigenvalue weighted by Gasteiger charge is 2.25. The molecule has 106 valence electrons. The fourth-order valence-electron chi connectivity index (χ4n) is 2.46. The standard InChI is InChI=1S/C16H13Cl2N3/c17-12-6-11(7-13(18)8-12)16-14(9-15(19)20-21-16)10-4-2-1-3-5-10/h1-8,14H,9H2,(H2,19,20). The molecule has 1 atom stereocenters. The van der Waals surface area contributed by atoms with Gasteiger partial charge in [0.15, 0.2) is 0 Å². The molecule has 5 heteroatoms. The minimum atomic E-state index is 0.0539. The van der Waals surface area contributed by atoms with Crippen molar-refractivity contribution in [1.29, 1.82) is 0 Å². The zero-order valence-electron chi connectivity index (χ0n) is 11.1. The van der Waals surface area contributed by atoms with Gasteiger partial charge >= 0.3 is 0 Å². The lowest BCUT2D eigenvalue weighted by Crippen LogP contribution is -2.25. The highest BCUT2D eigenvalue weighted by Crippen LogP contribution is 2.30. The molecule has 0 aromatic heterocycles. The van der Waals surface area contributed by atoms with E-state index < -0.39 is 0 Å². The van der Waals surface area contributed by atoms with Crippen molar-refractivity contribution in [2.45, 2.75) is 12.3 Å². The number of nitrogens with zero attached hydrogens (tertiary/aromatic N) is 2. The van der Waals surface area contributed by atoms with E-state index in [1.54, 1.807) is 6.07 Å². The Balaban J connectivity index is 2.08. The van der Waals surface area contributed by atoms with Crippen LogP contribution >= 0.6 is 23.2 Å². The maximum Gasteiger partial charge on any atom is 0.123 e. The van der Waals surface area contributed by atoms with E-state index in [0.717, 1.165) is 16.8 Å². The third kappa shape index (κ3) is 3.09. The second kappa shape index (κ2) is 5.88. The van der Waals surface area contributed by atoms with Crippen molar-refractivity contribution in [2.75, 3.05) is 0 Å². The normalized spacial score (nSPS) is 18.1. The fraction of sp³-hybridized carbons (Fsp3) is 0.125. The number of rotatable bonds is 2. The Bertz CT molecular complexity index is 703. The molecular weight excluding hydrogens is 305 g/mol. The van der Waals surface area contributed by atoms with Crippen LogP contribution in [0.2, 0.25) is 10.0 Å².